The van der Waals surface area contributed by atoms with Gasteiger partial charge in [-0.15, -0.1) is 11.3 Å². The van der Waals surface area contributed by atoms with Gasteiger partial charge in [0.15, 0.2) is 0 Å². The smallest absolute Gasteiger partial charge is 0.0770 e. The molecule has 0 bridgehead atoms. The number of aromatic nitrogens is 1. The number of nitrogens with two attached hydrogens (primary N) is 1. The van der Waals surface area contributed by atoms with E-state index >= 15 is 0 Å². The van der Waals surface area contributed by atoms with Crippen molar-refractivity contribution < 1.29 is 0 Å². The standard InChI is InChI=1S/C13H17N3S/c1-2-10-5-6-11(17-10)8-15-9-13-12(14)4-3-7-16-13/h3-7,15H,2,8-9,14H2,1H3. The number of nitrogens with zero attached hydrogens (tertiary/aromatic N) is 1. The van der Waals surface area contributed by atoms with Crippen LogP contribution in [0.3, 0.4) is 0 Å². The summed E-state index contributed by atoms with van der Waals surface area (Å²) in [5, 5.41) is 3.36. The van der Waals surface area contributed by atoms with Crippen molar-refractivity contribution in [1.82, 2.24) is 10.3 Å². The lowest BCUT2D eigenvalue weighted by Crippen LogP contribution is -2.14. The fourth-order valence-electron chi connectivity index (χ4n) is 1.61. The van der Waals surface area contributed by atoms with E-state index in [2.05, 4.69) is 29.4 Å². The molecule has 17 heavy (non-hydrogen) atoms. The van der Waals surface area contributed by atoms with E-state index in [1.807, 2.05) is 23.5 Å². The molecule has 3 N–H and O–H groups in total. The van der Waals surface area contributed by atoms with E-state index < -0.39 is 0 Å². The third-order valence-corrected chi connectivity index (χ3v) is 3.81. The van der Waals surface area contributed by atoms with Gasteiger partial charge in [0.2, 0.25) is 0 Å². The van der Waals surface area contributed by atoms with Crippen LogP contribution in [0, 0.1) is 0 Å². The van der Waals surface area contributed by atoms with Crippen LogP contribution in [0.25, 0.3) is 0 Å². The van der Waals surface area contributed by atoms with Crippen LogP contribution in [0.5, 0.6) is 0 Å². The predicted molar refractivity (Wildman–Crippen MR) is 72.9 cm³/mol. The molecule has 0 aliphatic rings. The number of nitrogens with one attached hydrogen (secondary N) is 1. The van der Waals surface area contributed by atoms with Crippen molar-refractivity contribution in [3.63, 3.8) is 0 Å². The summed E-state index contributed by atoms with van der Waals surface area (Å²) in [5.74, 6) is 0. The van der Waals surface area contributed by atoms with Crippen LogP contribution in [0.15, 0.2) is 30.5 Å². The van der Waals surface area contributed by atoms with Crippen LogP contribution in [-0.4, -0.2) is 4.98 Å². The molecule has 0 aromatic carbocycles. The number of thiophene rings is 1. The molecule has 0 amide bonds. The minimum absolute atomic E-state index is 0.714. The molecular weight excluding hydrogens is 230 g/mol. The molecule has 0 saturated carbocycles. The molecule has 4 heteroatoms. The number of hydrogen-bond acceptors (Lipinski definition) is 4. The van der Waals surface area contributed by atoms with Gasteiger partial charge in [-0.25, -0.2) is 0 Å². The van der Waals surface area contributed by atoms with Crippen molar-refractivity contribution in [2.24, 2.45) is 0 Å². The molecule has 90 valence electrons. The van der Waals surface area contributed by atoms with Crippen molar-refractivity contribution >= 4 is 17.0 Å². The Balaban J connectivity index is 1.85. The highest BCUT2D eigenvalue weighted by atomic mass is 32.1. The molecular formula is C13H17N3S. The van der Waals surface area contributed by atoms with Crippen LogP contribution in [0.2, 0.25) is 0 Å². The molecule has 0 atom stereocenters. The predicted octanol–water partition coefficient (Wildman–Crippen LogP) is 2.58. The minimum atomic E-state index is 0.714. The van der Waals surface area contributed by atoms with Gasteiger partial charge in [-0.1, -0.05) is 6.92 Å². The maximum Gasteiger partial charge on any atom is 0.0770 e. The normalized spacial score (nSPS) is 10.6. The first-order chi connectivity index (χ1) is 8.29. The molecule has 2 rings (SSSR count). The van der Waals surface area contributed by atoms with E-state index in [0.29, 0.717) is 6.54 Å². The van der Waals surface area contributed by atoms with Gasteiger partial charge < -0.3 is 11.1 Å². The number of hydrogen-bond donors (Lipinski definition) is 2. The molecule has 3 nitrogen and oxygen atoms in total. The molecule has 0 spiro atoms. The Morgan fingerprint density at radius 3 is 2.76 bits per heavy atom. The first kappa shape index (κ1) is 12.1. The van der Waals surface area contributed by atoms with E-state index in [9.17, 15) is 0 Å². The summed E-state index contributed by atoms with van der Waals surface area (Å²) in [5.41, 5.74) is 7.49. The molecule has 2 heterocycles. The highest BCUT2D eigenvalue weighted by Gasteiger charge is 2.01. The molecule has 0 fully saturated rings. The van der Waals surface area contributed by atoms with E-state index in [-0.39, 0.29) is 0 Å². The summed E-state index contributed by atoms with van der Waals surface area (Å²) in [6.07, 6.45) is 2.88. The lowest BCUT2D eigenvalue weighted by atomic mass is 10.3. The van der Waals surface area contributed by atoms with Crippen molar-refractivity contribution in [3.05, 3.63) is 45.9 Å². The third kappa shape index (κ3) is 3.28. The number of anilines is 1. The highest BCUT2D eigenvalue weighted by Crippen LogP contribution is 2.16. The number of aryl methyl sites for hydroxylation is 1. The van der Waals surface area contributed by atoms with Crippen LogP contribution in [0.4, 0.5) is 5.69 Å². The fraction of sp³-hybridized carbons (Fsp3) is 0.308. The van der Waals surface area contributed by atoms with Crippen LogP contribution in [-0.2, 0) is 19.5 Å². The van der Waals surface area contributed by atoms with Crippen molar-refractivity contribution in [2.75, 3.05) is 5.73 Å². The molecule has 0 saturated heterocycles. The van der Waals surface area contributed by atoms with Gasteiger partial charge in [-0.2, -0.15) is 0 Å². The second kappa shape index (κ2) is 5.80. The molecule has 2 aromatic heterocycles. The summed E-state index contributed by atoms with van der Waals surface area (Å²) in [4.78, 5) is 7.03. The van der Waals surface area contributed by atoms with Crippen molar-refractivity contribution in [3.8, 4) is 0 Å². The Labute approximate surface area is 106 Å². The van der Waals surface area contributed by atoms with Gasteiger partial charge in [0, 0.05) is 29.0 Å². The highest BCUT2D eigenvalue weighted by molar-refractivity contribution is 7.11. The first-order valence-electron chi connectivity index (χ1n) is 5.77. The lowest BCUT2D eigenvalue weighted by Gasteiger charge is -2.05. The second-order valence-electron chi connectivity index (χ2n) is 3.86. The summed E-state index contributed by atoms with van der Waals surface area (Å²) >= 11 is 1.86. The maximum absolute atomic E-state index is 5.83. The zero-order chi connectivity index (χ0) is 12.1. The Morgan fingerprint density at radius 2 is 2.06 bits per heavy atom. The van der Waals surface area contributed by atoms with E-state index in [4.69, 9.17) is 5.73 Å². The van der Waals surface area contributed by atoms with E-state index in [0.717, 1.165) is 24.3 Å². The maximum atomic E-state index is 5.83. The molecule has 0 aliphatic heterocycles. The number of pyridine rings is 1. The van der Waals surface area contributed by atoms with Gasteiger partial charge >= 0.3 is 0 Å². The Bertz CT molecular complexity index is 479. The van der Waals surface area contributed by atoms with Gasteiger partial charge in [0.25, 0.3) is 0 Å². The summed E-state index contributed by atoms with van der Waals surface area (Å²) in [7, 11) is 0. The second-order valence-corrected chi connectivity index (χ2v) is 5.12. The van der Waals surface area contributed by atoms with Crippen molar-refractivity contribution in [2.45, 2.75) is 26.4 Å². The molecule has 0 aliphatic carbocycles. The SMILES string of the molecule is CCc1ccc(CNCc2ncccc2N)s1. The van der Waals surface area contributed by atoms with Gasteiger partial charge in [0.1, 0.15) is 0 Å². The zero-order valence-electron chi connectivity index (χ0n) is 9.94. The largest absolute Gasteiger partial charge is 0.397 e. The Morgan fingerprint density at radius 1 is 1.24 bits per heavy atom. The van der Waals surface area contributed by atoms with Gasteiger partial charge in [0.05, 0.1) is 11.4 Å². The van der Waals surface area contributed by atoms with Crippen LogP contribution < -0.4 is 11.1 Å². The quantitative estimate of drug-likeness (QED) is 0.854. The van der Waals surface area contributed by atoms with Gasteiger partial charge in [-0.05, 0) is 30.7 Å². The van der Waals surface area contributed by atoms with Crippen molar-refractivity contribution in [1.29, 1.82) is 0 Å². The monoisotopic (exact) mass is 247 g/mol. The lowest BCUT2D eigenvalue weighted by molar-refractivity contribution is 0.688. The van der Waals surface area contributed by atoms with Crippen LogP contribution in [0.1, 0.15) is 22.4 Å². The van der Waals surface area contributed by atoms with Gasteiger partial charge in [-0.3, -0.25) is 4.98 Å². The minimum Gasteiger partial charge on any atom is -0.397 e. The summed E-state index contributed by atoms with van der Waals surface area (Å²) < 4.78 is 0. The molecule has 2 aromatic rings. The average molecular weight is 247 g/mol. The Hall–Kier alpha value is -1.39. The fourth-order valence-corrected chi connectivity index (χ4v) is 2.54. The average Bonchev–Trinajstić information content (AvgIpc) is 2.80. The number of nitrogen functional groups attached to an aromatic ring is 1. The third-order valence-electron chi connectivity index (χ3n) is 2.58. The summed E-state index contributed by atoms with van der Waals surface area (Å²) in [6.45, 7) is 3.77. The van der Waals surface area contributed by atoms with E-state index in [1.165, 1.54) is 9.75 Å². The topological polar surface area (TPSA) is 50.9 Å². The zero-order valence-corrected chi connectivity index (χ0v) is 10.8. The summed E-state index contributed by atoms with van der Waals surface area (Å²) in [6, 6.07) is 8.10. The molecule has 0 unspecified atom stereocenters. The van der Waals surface area contributed by atoms with Crippen LogP contribution >= 0.6 is 11.3 Å². The first-order valence-corrected chi connectivity index (χ1v) is 6.59. The number of rotatable bonds is 5. The Kier molecular flexibility index (Phi) is 4.12. The van der Waals surface area contributed by atoms with E-state index in [1.54, 1.807) is 6.20 Å². The molecule has 0 radical (unpaired) electrons.